The second-order valence-electron chi connectivity index (χ2n) is 6.48. The number of hydrogen-bond acceptors (Lipinski definition) is 6. The Morgan fingerprint density at radius 1 is 0.793 bits per heavy atom. The van der Waals surface area contributed by atoms with Crippen molar-refractivity contribution in [3.63, 3.8) is 0 Å². The van der Waals surface area contributed by atoms with E-state index in [1.807, 2.05) is 54.6 Å². The van der Waals surface area contributed by atoms with Crippen LogP contribution in [0.1, 0.15) is 5.69 Å². The van der Waals surface area contributed by atoms with Gasteiger partial charge in [-0.05, 0) is 35.9 Å². The molecule has 0 spiro atoms. The highest BCUT2D eigenvalue weighted by Gasteiger charge is 2.14. The molecule has 0 saturated heterocycles. The molecule has 0 bridgehead atoms. The number of benzene rings is 1. The molecule has 6 heteroatoms. The highest BCUT2D eigenvalue weighted by Crippen LogP contribution is 2.36. The summed E-state index contributed by atoms with van der Waals surface area (Å²) in [5.74, 6) is 1.41. The highest BCUT2D eigenvalue weighted by molar-refractivity contribution is 7.21. The van der Waals surface area contributed by atoms with Crippen molar-refractivity contribution >= 4 is 27.4 Å². The third kappa shape index (κ3) is 3.70. The minimum absolute atomic E-state index is 0.588. The summed E-state index contributed by atoms with van der Waals surface area (Å²) in [7, 11) is 0. The second kappa shape index (κ2) is 7.77. The zero-order valence-corrected chi connectivity index (χ0v) is 16.3. The van der Waals surface area contributed by atoms with Gasteiger partial charge in [-0.2, -0.15) is 0 Å². The number of thiophene rings is 1. The van der Waals surface area contributed by atoms with Crippen molar-refractivity contribution in [2.45, 2.75) is 6.54 Å². The lowest BCUT2D eigenvalue weighted by Gasteiger charge is -2.08. The lowest BCUT2D eigenvalue weighted by Crippen LogP contribution is -2.05. The second-order valence-corrected chi connectivity index (χ2v) is 7.51. The van der Waals surface area contributed by atoms with E-state index >= 15 is 0 Å². The van der Waals surface area contributed by atoms with Crippen LogP contribution >= 0.6 is 11.3 Å². The predicted molar refractivity (Wildman–Crippen MR) is 118 cm³/mol. The van der Waals surface area contributed by atoms with Crippen LogP contribution < -0.4 is 5.32 Å². The van der Waals surface area contributed by atoms with Crippen LogP contribution in [0.25, 0.3) is 32.2 Å². The molecule has 5 nitrogen and oxygen atoms in total. The summed E-state index contributed by atoms with van der Waals surface area (Å²) in [4.78, 5) is 20.5. The molecule has 0 aliphatic carbocycles. The summed E-state index contributed by atoms with van der Waals surface area (Å²) < 4.78 is 0. The number of rotatable bonds is 5. The quantitative estimate of drug-likeness (QED) is 0.430. The third-order valence-corrected chi connectivity index (χ3v) is 5.59. The topological polar surface area (TPSA) is 63.6 Å². The number of hydrogen-bond donors (Lipinski definition) is 1. The van der Waals surface area contributed by atoms with Gasteiger partial charge in [0.2, 0.25) is 0 Å². The van der Waals surface area contributed by atoms with Crippen LogP contribution in [0.15, 0.2) is 85.2 Å². The maximum absolute atomic E-state index is 4.80. The summed E-state index contributed by atoms with van der Waals surface area (Å²) >= 11 is 1.66. The fraction of sp³-hybridized carbons (Fsp3) is 0.0435. The summed E-state index contributed by atoms with van der Waals surface area (Å²) in [6.07, 6.45) is 3.55. The van der Waals surface area contributed by atoms with Crippen molar-refractivity contribution in [1.82, 2.24) is 19.9 Å². The number of nitrogens with zero attached hydrogens (tertiary/aromatic N) is 4. The van der Waals surface area contributed by atoms with Crippen LogP contribution in [-0.4, -0.2) is 19.9 Å². The smallest absolute Gasteiger partial charge is 0.181 e. The number of anilines is 1. The van der Waals surface area contributed by atoms with Crippen LogP contribution in [0, 0.1) is 0 Å². The number of nitrogens with one attached hydrogen (secondary N) is 1. The summed E-state index contributed by atoms with van der Waals surface area (Å²) in [6.45, 7) is 0.588. The maximum Gasteiger partial charge on any atom is 0.181 e. The first-order valence-electron chi connectivity index (χ1n) is 9.29. The van der Waals surface area contributed by atoms with Gasteiger partial charge in [0.15, 0.2) is 5.82 Å². The van der Waals surface area contributed by atoms with Crippen LogP contribution in [0.2, 0.25) is 0 Å². The normalized spacial score (nSPS) is 10.9. The Bertz CT molecular complexity index is 1240. The van der Waals surface area contributed by atoms with Crippen molar-refractivity contribution in [1.29, 1.82) is 0 Å². The maximum atomic E-state index is 4.80. The van der Waals surface area contributed by atoms with Gasteiger partial charge >= 0.3 is 0 Å². The molecule has 0 aliphatic rings. The van der Waals surface area contributed by atoms with Gasteiger partial charge in [0.05, 0.1) is 17.6 Å². The Kier molecular flexibility index (Phi) is 4.68. The van der Waals surface area contributed by atoms with Crippen molar-refractivity contribution < 1.29 is 0 Å². The molecule has 140 valence electrons. The molecule has 0 saturated carbocycles. The zero-order valence-electron chi connectivity index (χ0n) is 15.5. The third-order valence-electron chi connectivity index (χ3n) is 4.51. The lowest BCUT2D eigenvalue weighted by atomic mass is 10.2. The van der Waals surface area contributed by atoms with E-state index in [1.54, 1.807) is 23.7 Å². The van der Waals surface area contributed by atoms with Gasteiger partial charge in [-0.1, -0.05) is 42.5 Å². The minimum atomic E-state index is 0.588. The Morgan fingerprint density at radius 2 is 1.59 bits per heavy atom. The molecule has 5 aromatic rings. The summed E-state index contributed by atoms with van der Waals surface area (Å²) in [5.41, 5.74) is 2.88. The molecule has 0 radical (unpaired) electrons. The fourth-order valence-corrected chi connectivity index (χ4v) is 4.12. The first-order chi connectivity index (χ1) is 14.4. The van der Waals surface area contributed by atoms with Crippen LogP contribution in [-0.2, 0) is 6.54 Å². The molecular weight excluding hydrogens is 378 g/mol. The summed E-state index contributed by atoms with van der Waals surface area (Å²) in [6, 6.07) is 24.1. The molecule has 4 aromatic heterocycles. The number of pyridine rings is 2. The largest absolute Gasteiger partial charge is 0.364 e. The van der Waals surface area contributed by atoms with Gasteiger partial charge in [0.1, 0.15) is 16.3 Å². The standard InChI is InChI=1S/C23H17N5S/c1-2-8-16(9-3-1)20-14-18-21(26-15-17-10-4-6-12-24-17)27-22(28-23(18)29-20)19-11-5-7-13-25-19/h1-14H,15H2,(H,26,27,28). The van der Waals surface area contributed by atoms with Crippen LogP contribution in [0.5, 0.6) is 0 Å². The van der Waals surface area contributed by atoms with Gasteiger partial charge in [-0.3, -0.25) is 9.97 Å². The van der Waals surface area contributed by atoms with Gasteiger partial charge in [-0.15, -0.1) is 11.3 Å². The molecule has 0 aliphatic heterocycles. The van der Waals surface area contributed by atoms with E-state index in [1.165, 1.54) is 5.56 Å². The van der Waals surface area contributed by atoms with E-state index in [0.29, 0.717) is 12.4 Å². The van der Waals surface area contributed by atoms with E-state index < -0.39 is 0 Å². The van der Waals surface area contributed by atoms with E-state index in [0.717, 1.165) is 32.3 Å². The van der Waals surface area contributed by atoms with Gasteiger partial charge in [-0.25, -0.2) is 9.97 Å². The van der Waals surface area contributed by atoms with Gasteiger partial charge in [0, 0.05) is 17.3 Å². The Balaban J connectivity index is 1.60. The molecule has 1 aromatic carbocycles. The average molecular weight is 395 g/mol. The molecule has 0 atom stereocenters. The van der Waals surface area contributed by atoms with Crippen LogP contribution in [0.4, 0.5) is 5.82 Å². The van der Waals surface area contributed by atoms with E-state index in [-0.39, 0.29) is 0 Å². The fourth-order valence-electron chi connectivity index (χ4n) is 3.09. The van der Waals surface area contributed by atoms with Gasteiger partial charge < -0.3 is 5.32 Å². The Morgan fingerprint density at radius 3 is 2.34 bits per heavy atom. The molecule has 4 heterocycles. The van der Waals surface area contributed by atoms with Crippen molar-refractivity contribution in [2.75, 3.05) is 5.32 Å². The van der Waals surface area contributed by atoms with Gasteiger partial charge in [0.25, 0.3) is 0 Å². The number of aromatic nitrogens is 4. The van der Waals surface area contributed by atoms with Crippen molar-refractivity contribution in [3.05, 3.63) is 90.9 Å². The molecule has 29 heavy (non-hydrogen) atoms. The predicted octanol–water partition coefficient (Wildman–Crippen LogP) is 5.43. The molecule has 0 unspecified atom stereocenters. The minimum Gasteiger partial charge on any atom is -0.364 e. The van der Waals surface area contributed by atoms with E-state index in [9.17, 15) is 0 Å². The molecule has 1 N–H and O–H groups in total. The molecule has 0 fully saturated rings. The molecule has 0 amide bonds. The van der Waals surface area contributed by atoms with Crippen LogP contribution in [0.3, 0.4) is 0 Å². The van der Waals surface area contributed by atoms with Crippen molar-refractivity contribution in [3.8, 4) is 22.0 Å². The SMILES string of the molecule is c1ccc(-c2cc3c(NCc4ccccn4)nc(-c4ccccn4)nc3s2)cc1. The van der Waals surface area contributed by atoms with E-state index in [2.05, 4.69) is 33.5 Å². The monoisotopic (exact) mass is 395 g/mol. The lowest BCUT2D eigenvalue weighted by molar-refractivity contribution is 1.03. The Labute approximate surface area is 172 Å². The van der Waals surface area contributed by atoms with Crippen molar-refractivity contribution in [2.24, 2.45) is 0 Å². The number of fused-ring (bicyclic) bond motifs is 1. The molecule has 5 rings (SSSR count). The summed E-state index contributed by atoms with van der Waals surface area (Å²) in [5, 5.41) is 4.45. The van der Waals surface area contributed by atoms with E-state index in [4.69, 9.17) is 9.97 Å². The first kappa shape index (κ1) is 17.5. The molecular formula is C23H17N5S. The Hall–Kier alpha value is -3.64. The average Bonchev–Trinajstić information content (AvgIpc) is 3.24. The highest BCUT2D eigenvalue weighted by atomic mass is 32.1. The zero-order chi connectivity index (χ0) is 19.5. The first-order valence-corrected chi connectivity index (χ1v) is 10.1.